The Morgan fingerprint density at radius 1 is 1.07 bits per heavy atom. The molecule has 0 saturated heterocycles. The molecule has 1 aromatic heterocycles. The number of anilines is 1. The summed E-state index contributed by atoms with van der Waals surface area (Å²) in [5.74, 6) is 5.75. The van der Waals surface area contributed by atoms with Crippen LogP contribution in [0.4, 0.5) is 5.69 Å². The summed E-state index contributed by atoms with van der Waals surface area (Å²) in [4.78, 5) is 24.7. The predicted octanol–water partition coefficient (Wildman–Crippen LogP) is 2.60. The number of aryl methyl sites for hydroxylation is 3. The molecule has 0 atom stereocenters. The number of nitrogens with zero attached hydrogens (tertiary/aromatic N) is 3. The van der Waals surface area contributed by atoms with E-state index in [1.54, 1.807) is 0 Å². The van der Waals surface area contributed by atoms with Gasteiger partial charge in [0, 0.05) is 12.1 Å². The maximum absolute atomic E-state index is 12.5. The van der Waals surface area contributed by atoms with Crippen LogP contribution in [0.3, 0.4) is 0 Å². The van der Waals surface area contributed by atoms with Gasteiger partial charge in [0.05, 0.1) is 5.75 Å². The number of benzene rings is 2. The van der Waals surface area contributed by atoms with Gasteiger partial charge in [-0.1, -0.05) is 59.3 Å². The normalized spacial score (nSPS) is 10.7. The quantitative estimate of drug-likeness (QED) is 0.479. The van der Waals surface area contributed by atoms with Crippen molar-refractivity contribution < 1.29 is 4.79 Å². The SMILES string of the molecule is Cc1ccc(Cc2nnc(SCC(=O)Nc3ccc(C)cc3C)n(N)c2=O)cc1. The maximum atomic E-state index is 12.5. The Hall–Kier alpha value is -3.13. The number of carbonyl (C=O) groups excluding carboxylic acids is 1. The number of amides is 1. The van der Waals surface area contributed by atoms with Gasteiger partial charge < -0.3 is 11.2 Å². The lowest BCUT2D eigenvalue weighted by molar-refractivity contribution is -0.113. The molecule has 29 heavy (non-hydrogen) atoms. The first-order valence-corrected chi connectivity index (χ1v) is 10.1. The van der Waals surface area contributed by atoms with E-state index in [0.29, 0.717) is 6.42 Å². The Morgan fingerprint density at radius 2 is 1.76 bits per heavy atom. The second kappa shape index (κ2) is 8.91. The number of nitrogens with two attached hydrogens (primary N) is 1. The Morgan fingerprint density at radius 3 is 2.45 bits per heavy atom. The van der Waals surface area contributed by atoms with Crippen molar-refractivity contribution in [3.8, 4) is 0 Å². The van der Waals surface area contributed by atoms with Crippen LogP contribution in [0, 0.1) is 20.8 Å². The fraction of sp³-hybridized carbons (Fsp3) is 0.238. The highest BCUT2D eigenvalue weighted by Crippen LogP contribution is 2.18. The highest BCUT2D eigenvalue weighted by atomic mass is 32.2. The zero-order chi connectivity index (χ0) is 21.0. The van der Waals surface area contributed by atoms with Gasteiger partial charge in [-0.25, -0.2) is 0 Å². The van der Waals surface area contributed by atoms with Crippen LogP contribution in [-0.2, 0) is 11.2 Å². The summed E-state index contributed by atoms with van der Waals surface area (Å²) in [5, 5.41) is 11.1. The molecule has 0 aliphatic rings. The highest BCUT2D eigenvalue weighted by Gasteiger charge is 2.13. The van der Waals surface area contributed by atoms with Crippen molar-refractivity contribution in [1.82, 2.24) is 14.9 Å². The molecular formula is C21H23N5O2S. The summed E-state index contributed by atoms with van der Waals surface area (Å²) in [6.07, 6.45) is 0.349. The molecule has 7 nitrogen and oxygen atoms in total. The van der Waals surface area contributed by atoms with E-state index in [2.05, 4.69) is 15.5 Å². The average Bonchev–Trinajstić information content (AvgIpc) is 2.69. The fourth-order valence-corrected chi connectivity index (χ4v) is 3.45. The third kappa shape index (κ3) is 5.23. The summed E-state index contributed by atoms with van der Waals surface area (Å²) in [7, 11) is 0. The third-order valence-corrected chi connectivity index (χ3v) is 5.35. The van der Waals surface area contributed by atoms with Crippen LogP contribution in [-0.4, -0.2) is 26.5 Å². The van der Waals surface area contributed by atoms with E-state index in [1.165, 1.54) is 0 Å². The first-order valence-electron chi connectivity index (χ1n) is 9.12. The van der Waals surface area contributed by atoms with Crippen LogP contribution in [0.15, 0.2) is 52.4 Å². The molecule has 3 rings (SSSR count). The number of carbonyl (C=O) groups is 1. The predicted molar refractivity (Wildman–Crippen MR) is 116 cm³/mol. The van der Waals surface area contributed by atoms with Crippen LogP contribution in [0.25, 0.3) is 0 Å². The first-order chi connectivity index (χ1) is 13.8. The number of hydrogen-bond donors (Lipinski definition) is 2. The zero-order valence-electron chi connectivity index (χ0n) is 16.6. The summed E-state index contributed by atoms with van der Waals surface area (Å²) >= 11 is 1.07. The molecule has 3 aromatic rings. The Kier molecular flexibility index (Phi) is 6.33. The minimum absolute atomic E-state index is 0.0654. The van der Waals surface area contributed by atoms with E-state index in [1.807, 2.05) is 63.2 Å². The summed E-state index contributed by atoms with van der Waals surface area (Å²) in [5.41, 5.74) is 4.81. The monoisotopic (exact) mass is 409 g/mol. The van der Waals surface area contributed by atoms with Crippen molar-refractivity contribution in [2.24, 2.45) is 0 Å². The van der Waals surface area contributed by atoms with E-state index in [9.17, 15) is 9.59 Å². The lowest BCUT2D eigenvalue weighted by Crippen LogP contribution is -2.34. The van der Waals surface area contributed by atoms with Crippen LogP contribution >= 0.6 is 11.8 Å². The fourth-order valence-electron chi connectivity index (χ4n) is 2.80. The van der Waals surface area contributed by atoms with E-state index < -0.39 is 5.56 Å². The van der Waals surface area contributed by atoms with Gasteiger partial charge in [-0.3, -0.25) is 9.59 Å². The third-order valence-electron chi connectivity index (χ3n) is 4.41. The van der Waals surface area contributed by atoms with E-state index >= 15 is 0 Å². The van der Waals surface area contributed by atoms with Crippen molar-refractivity contribution >= 4 is 23.4 Å². The average molecular weight is 410 g/mol. The lowest BCUT2D eigenvalue weighted by atomic mass is 10.1. The molecule has 0 aliphatic carbocycles. The van der Waals surface area contributed by atoms with Gasteiger partial charge in [0.15, 0.2) is 0 Å². The Labute approximate surface area is 173 Å². The lowest BCUT2D eigenvalue weighted by Gasteiger charge is -2.10. The molecule has 0 unspecified atom stereocenters. The van der Waals surface area contributed by atoms with E-state index in [-0.39, 0.29) is 22.5 Å². The van der Waals surface area contributed by atoms with Crippen LogP contribution < -0.4 is 16.7 Å². The number of hydrogen-bond acceptors (Lipinski definition) is 6. The first kappa shape index (κ1) is 20.6. The molecule has 0 saturated carbocycles. The molecular weight excluding hydrogens is 386 g/mol. The van der Waals surface area contributed by atoms with Gasteiger partial charge in [-0.15, -0.1) is 10.2 Å². The van der Waals surface area contributed by atoms with Crippen LogP contribution in [0.1, 0.15) is 27.9 Å². The molecule has 0 spiro atoms. The molecule has 2 aromatic carbocycles. The van der Waals surface area contributed by atoms with E-state index in [4.69, 9.17) is 5.84 Å². The molecule has 3 N–H and O–H groups in total. The van der Waals surface area contributed by atoms with Crippen molar-refractivity contribution in [3.05, 3.63) is 80.8 Å². The van der Waals surface area contributed by atoms with Gasteiger partial charge in [-0.05, 0) is 38.0 Å². The highest BCUT2D eigenvalue weighted by molar-refractivity contribution is 7.99. The Bertz CT molecular complexity index is 1090. The number of aromatic nitrogens is 3. The largest absolute Gasteiger partial charge is 0.334 e. The van der Waals surface area contributed by atoms with Crippen molar-refractivity contribution in [2.75, 3.05) is 16.9 Å². The summed E-state index contributed by atoms with van der Waals surface area (Å²) in [6, 6.07) is 13.6. The van der Waals surface area contributed by atoms with Gasteiger partial charge >= 0.3 is 0 Å². The molecule has 150 valence electrons. The number of rotatable bonds is 6. The molecule has 1 amide bonds. The van der Waals surface area contributed by atoms with Gasteiger partial charge in [0.1, 0.15) is 5.69 Å². The minimum Gasteiger partial charge on any atom is -0.334 e. The minimum atomic E-state index is -0.419. The molecule has 8 heteroatoms. The molecule has 0 fully saturated rings. The van der Waals surface area contributed by atoms with Crippen molar-refractivity contribution in [3.63, 3.8) is 0 Å². The molecule has 0 radical (unpaired) electrons. The molecule has 0 aliphatic heterocycles. The van der Waals surface area contributed by atoms with Crippen molar-refractivity contribution in [1.29, 1.82) is 0 Å². The Balaban J connectivity index is 1.65. The number of nitrogens with one attached hydrogen (secondary N) is 1. The van der Waals surface area contributed by atoms with Gasteiger partial charge in [0.2, 0.25) is 11.1 Å². The standard InChI is InChI=1S/C21H23N5O2S/c1-13-4-7-16(8-5-13)11-18-20(28)26(22)21(25-24-18)29-12-19(27)23-17-9-6-14(2)10-15(17)3/h4-10H,11-12,22H2,1-3H3,(H,23,27). The summed E-state index contributed by atoms with van der Waals surface area (Å²) in [6.45, 7) is 5.93. The number of thioether (sulfide) groups is 1. The second-order valence-electron chi connectivity index (χ2n) is 6.92. The van der Waals surface area contributed by atoms with Gasteiger partial charge in [0.25, 0.3) is 5.56 Å². The van der Waals surface area contributed by atoms with Crippen molar-refractivity contribution in [2.45, 2.75) is 32.3 Å². The smallest absolute Gasteiger partial charge is 0.294 e. The maximum Gasteiger partial charge on any atom is 0.294 e. The topological polar surface area (TPSA) is 103 Å². The number of nitrogen functional groups attached to an aromatic ring is 1. The molecule has 1 heterocycles. The van der Waals surface area contributed by atoms with Crippen LogP contribution in [0.5, 0.6) is 0 Å². The molecule has 0 bridgehead atoms. The van der Waals surface area contributed by atoms with Gasteiger partial charge in [-0.2, -0.15) is 4.68 Å². The zero-order valence-corrected chi connectivity index (χ0v) is 17.4. The van der Waals surface area contributed by atoms with Crippen LogP contribution in [0.2, 0.25) is 0 Å². The van der Waals surface area contributed by atoms with E-state index in [0.717, 1.165) is 44.4 Å². The summed E-state index contributed by atoms with van der Waals surface area (Å²) < 4.78 is 0.950. The second-order valence-corrected chi connectivity index (χ2v) is 7.86.